The Kier molecular flexibility index (Phi) is 7.12. The highest BCUT2D eigenvalue weighted by molar-refractivity contribution is 5.48. The van der Waals surface area contributed by atoms with E-state index in [0.29, 0.717) is 12.3 Å². The second kappa shape index (κ2) is 9.48. The first-order valence-electron chi connectivity index (χ1n) is 11.4. The minimum atomic E-state index is -0.714. The second-order valence-electron chi connectivity index (χ2n) is 10.7. The van der Waals surface area contributed by atoms with Crippen molar-refractivity contribution >= 4 is 0 Å². The lowest BCUT2D eigenvalue weighted by Crippen LogP contribution is -2.27. The van der Waals surface area contributed by atoms with E-state index in [9.17, 15) is 10.2 Å². The van der Waals surface area contributed by atoms with Crippen molar-refractivity contribution in [2.75, 3.05) is 0 Å². The molecule has 0 saturated heterocycles. The highest BCUT2D eigenvalue weighted by atomic mass is 16.3. The number of hydrogen-bond acceptors (Lipinski definition) is 3. The molecule has 0 radical (unpaired) electrons. The van der Waals surface area contributed by atoms with Crippen LogP contribution < -0.4 is 5.32 Å². The van der Waals surface area contributed by atoms with Gasteiger partial charge in [-0.15, -0.1) is 0 Å². The summed E-state index contributed by atoms with van der Waals surface area (Å²) in [5, 5.41) is 25.9. The van der Waals surface area contributed by atoms with Crippen LogP contribution in [0.15, 0.2) is 72.8 Å². The minimum absolute atomic E-state index is 0.0369. The van der Waals surface area contributed by atoms with Gasteiger partial charge in [-0.1, -0.05) is 114 Å². The van der Waals surface area contributed by atoms with Crippen LogP contribution in [0.25, 0.3) is 0 Å². The van der Waals surface area contributed by atoms with Gasteiger partial charge < -0.3 is 15.5 Å². The normalized spacial score (nSPS) is 14.2. The molecular weight excluding hydrogens is 394 g/mol. The molecule has 0 spiro atoms. The van der Waals surface area contributed by atoms with Crippen molar-refractivity contribution in [3.63, 3.8) is 0 Å². The van der Waals surface area contributed by atoms with E-state index in [-0.39, 0.29) is 16.9 Å². The molecule has 0 saturated carbocycles. The lowest BCUT2D eigenvalue weighted by molar-refractivity contribution is 0.127. The van der Waals surface area contributed by atoms with Gasteiger partial charge in [0.2, 0.25) is 0 Å². The Morgan fingerprint density at radius 1 is 0.750 bits per heavy atom. The van der Waals surface area contributed by atoms with Crippen molar-refractivity contribution in [1.82, 2.24) is 5.32 Å². The molecular formula is C29H37NO2. The van der Waals surface area contributed by atoms with Crippen LogP contribution in [0.4, 0.5) is 0 Å². The van der Waals surface area contributed by atoms with Gasteiger partial charge >= 0.3 is 0 Å². The molecule has 0 heterocycles. The standard InChI is InChI=1S/C29H37NO2/c1-28(2,3)23-17-22(26(31)24(18-23)29(4,5)6)19-30-25(20-13-9-7-10-14-20)27(32)21-15-11-8-12-16-21/h7-18,25,27,30-32H,19H2,1-6H3/t25-,27+/m0/s1. The topological polar surface area (TPSA) is 52.5 Å². The van der Waals surface area contributed by atoms with Crippen LogP contribution in [0.3, 0.4) is 0 Å². The fourth-order valence-corrected chi connectivity index (χ4v) is 3.97. The summed E-state index contributed by atoms with van der Waals surface area (Å²) in [5.41, 5.74) is 4.64. The third-order valence-electron chi connectivity index (χ3n) is 5.99. The van der Waals surface area contributed by atoms with Gasteiger partial charge in [0.15, 0.2) is 0 Å². The molecule has 3 aromatic rings. The number of rotatable bonds is 6. The van der Waals surface area contributed by atoms with Crippen LogP contribution in [-0.2, 0) is 17.4 Å². The third kappa shape index (κ3) is 5.59. The number of phenols is 1. The van der Waals surface area contributed by atoms with Gasteiger partial charge in [-0.25, -0.2) is 0 Å². The Balaban J connectivity index is 1.98. The van der Waals surface area contributed by atoms with E-state index in [2.05, 4.69) is 59.0 Å². The van der Waals surface area contributed by atoms with Gasteiger partial charge in [0, 0.05) is 12.1 Å². The first kappa shape index (κ1) is 24.0. The number of phenolic OH excluding ortho intramolecular Hbond substituents is 1. The summed E-state index contributed by atoms with van der Waals surface area (Å²) in [6.45, 7) is 13.4. The molecule has 3 heteroatoms. The molecule has 0 aliphatic heterocycles. The average molecular weight is 432 g/mol. The molecule has 0 aliphatic rings. The van der Waals surface area contributed by atoms with Crippen LogP contribution in [-0.4, -0.2) is 10.2 Å². The summed E-state index contributed by atoms with van der Waals surface area (Å²) < 4.78 is 0. The van der Waals surface area contributed by atoms with Gasteiger partial charge in [0.1, 0.15) is 5.75 Å². The summed E-state index contributed by atoms with van der Waals surface area (Å²) in [4.78, 5) is 0. The zero-order chi connectivity index (χ0) is 23.5. The summed E-state index contributed by atoms with van der Waals surface area (Å²) in [6.07, 6.45) is -0.714. The number of aromatic hydroxyl groups is 1. The zero-order valence-corrected chi connectivity index (χ0v) is 20.2. The lowest BCUT2D eigenvalue weighted by Gasteiger charge is -2.29. The monoisotopic (exact) mass is 431 g/mol. The minimum Gasteiger partial charge on any atom is -0.507 e. The summed E-state index contributed by atoms with van der Waals surface area (Å²) in [7, 11) is 0. The van der Waals surface area contributed by atoms with Gasteiger partial charge in [0.05, 0.1) is 12.1 Å². The second-order valence-corrected chi connectivity index (χ2v) is 10.7. The number of nitrogens with one attached hydrogen (secondary N) is 1. The van der Waals surface area contributed by atoms with Crippen LogP contribution >= 0.6 is 0 Å². The van der Waals surface area contributed by atoms with Gasteiger partial charge in [0.25, 0.3) is 0 Å². The quantitative estimate of drug-likeness (QED) is 0.415. The summed E-state index contributed by atoms with van der Waals surface area (Å²) in [5.74, 6) is 0.332. The highest BCUT2D eigenvalue weighted by Gasteiger charge is 2.27. The molecule has 0 unspecified atom stereocenters. The van der Waals surface area contributed by atoms with E-state index in [1.807, 2.05) is 60.7 Å². The van der Waals surface area contributed by atoms with E-state index in [4.69, 9.17) is 0 Å². The van der Waals surface area contributed by atoms with E-state index < -0.39 is 6.10 Å². The van der Waals surface area contributed by atoms with Crippen LogP contribution in [0.2, 0.25) is 0 Å². The smallest absolute Gasteiger partial charge is 0.123 e. The maximum absolute atomic E-state index is 11.2. The molecule has 32 heavy (non-hydrogen) atoms. The summed E-state index contributed by atoms with van der Waals surface area (Å²) in [6, 6.07) is 23.6. The van der Waals surface area contributed by atoms with Crippen LogP contribution in [0, 0.1) is 0 Å². The molecule has 3 N–H and O–H groups in total. The SMILES string of the molecule is CC(C)(C)c1cc(CN[C@@H](c2ccccc2)[C@H](O)c2ccccc2)c(O)c(C(C)(C)C)c1. The largest absolute Gasteiger partial charge is 0.507 e. The first-order valence-corrected chi connectivity index (χ1v) is 11.4. The fourth-order valence-electron chi connectivity index (χ4n) is 3.97. The van der Waals surface area contributed by atoms with Crippen LogP contribution in [0.1, 0.15) is 81.5 Å². The summed E-state index contributed by atoms with van der Waals surface area (Å²) >= 11 is 0. The molecule has 0 aliphatic carbocycles. The van der Waals surface area contributed by atoms with Gasteiger partial charge in [-0.3, -0.25) is 0 Å². The van der Waals surface area contributed by atoms with Crippen molar-refractivity contribution in [2.45, 2.75) is 71.1 Å². The van der Waals surface area contributed by atoms with Gasteiger partial charge in [-0.05, 0) is 33.1 Å². The molecule has 0 fully saturated rings. The Morgan fingerprint density at radius 2 is 1.28 bits per heavy atom. The van der Waals surface area contributed by atoms with Crippen molar-refractivity contribution < 1.29 is 10.2 Å². The van der Waals surface area contributed by atoms with Gasteiger partial charge in [-0.2, -0.15) is 0 Å². The predicted octanol–water partition coefficient (Wildman–Crippen LogP) is 6.55. The Labute approximate surface area is 193 Å². The lowest BCUT2D eigenvalue weighted by atomic mass is 9.79. The number of hydrogen-bond donors (Lipinski definition) is 3. The van der Waals surface area contributed by atoms with Crippen molar-refractivity contribution in [1.29, 1.82) is 0 Å². The van der Waals surface area contributed by atoms with Crippen molar-refractivity contribution in [2.24, 2.45) is 0 Å². The van der Waals surface area contributed by atoms with Crippen molar-refractivity contribution in [3.05, 3.63) is 101 Å². The number of benzene rings is 3. The van der Waals surface area contributed by atoms with E-state index in [1.54, 1.807) is 0 Å². The highest BCUT2D eigenvalue weighted by Crippen LogP contribution is 2.38. The molecule has 3 nitrogen and oxygen atoms in total. The molecule has 2 atom stereocenters. The van der Waals surface area contributed by atoms with E-state index >= 15 is 0 Å². The fraction of sp³-hybridized carbons (Fsp3) is 0.379. The van der Waals surface area contributed by atoms with E-state index in [0.717, 1.165) is 22.3 Å². The zero-order valence-electron chi connectivity index (χ0n) is 20.2. The Bertz CT molecular complexity index is 1010. The third-order valence-corrected chi connectivity index (χ3v) is 5.99. The average Bonchev–Trinajstić information content (AvgIpc) is 2.74. The Morgan fingerprint density at radius 3 is 1.78 bits per heavy atom. The van der Waals surface area contributed by atoms with Crippen molar-refractivity contribution in [3.8, 4) is 5.75 Å². The molecule has 0 aromatic heterocycles. The predicted molar refractivity (Wildman–Crippen MR) is 133 cm³/mol. The van der Waals surface area contributed by atoms with E-state index in [1.165, 1.54) is 5.56 Å². The molecule has 3 aromatic carbocycles. The Hall–Kier alpha value is -2.62. The molecule has 170 valence electrons. The maximum Gasteiger partial charge on any atom is 0.123 e. The van der Waals surface area contributed by atoms with Crippen LogP contribution in [0.5, 0.6) is 5.75 Å². The molecule has 0 bridgehead atoms. The number of aliphatic hydroxyl groups is 1. The molecule has 3 rings (SSSR count). The maximum atomic E-state index is 11.2. The number of aliphatic hydroxyl groups excluding tert-OH is 1. The molecule has 0 amide bonds. The first-order chi connectivity index (χ1) is 15.0.